The third-order valence-corrected chi connectivity index (χ3v) is 1.78. The molecule has 0 aliphatic carbocycles. The molecule has 0 amide bonds. The van der Waals surface area contributed by atoms with E-state index in [1.165, 1.54) is 32.2 Å². The molecule has 1 aliphatic rings. The van der Waals surface area contributed by atoms with Gasteiger partial charge in [-0.15, -0.1) is 0 Å². The molecule has 8 heteroatoms. The number of carbonyl (C=O) groups is 1. The van der Waals surface area contributed by atoms with E-state index in [-0.39, 0.29) is 0 Å². The SMILES string of the molecule is CC(C)(C)OC(=O)C(C#N)=C1N=C(F)NC(F)=C1F. The summed E-state index contributed by atoms with van der Waals surface area (Å²) in [5.74, 6) is -4.52. The summed E-state index contributed by atoms with van der Waals surface area (Å²) in [6, 6.07) is 1.33. The Morgan fingerprint density at radius 1 is 1.37 bits per heavy atom. The Balaban J connectivity index is 3.28. The molecule has 1 rings (SSSR count). The van der Waals surface area contributed by atoms with Crippen molar-refractivity contribution in [2.24, 2.45) is 4.99 Å². The van der Waals surface area contributed by atoms with E-state index in [9.17, 15) is 18.0 Å². The zero-order chi connectivity index (χ0) is 14.8. The first-order valence-electron chi connectivity index (χ1n) is 5.10. The van der Waals surface area contributed by atoms with Crippen LogP contribution in [0.3, 0.4) is 0 Å². The standard InChI is InChI=1S/C11H10F3N3O2/c1-11(2,3)19-9(18)5(4-15)7-6(12)8(13)17-10(14)16-7/h1-3H3,(H,16,17). The van der Waals surface area contributed by atoms with Gasteiger partial charge in [0.1, 0.15) is 17.4 Å². The minimum Gasteiger partial charge on any atom is -0.456 e. The number of carbonyl (C=O) groups excluding carboxylic acids is 1. The van der Waals surface area contributed by atoms with E-state index in [0.717, 1.165) is 0 Å². The highest BCUT2D eigenvalue weighted by atomic mass is 19.2. The smallest absolute Gasteiger partial charge is 0.351 e. The van der Waals surface area contributed by atoms with Crippen LogP contribution in [0.5, 0.6) is 0 Å². The summed E-state index contributed by atoms with van der Waals surface area (Å²) < 4.78 is 44.0. The highest BCUT2D eigenvalue weighted by Crippen LogP contribution is 2.26. The van der Waals surface area contributed by atoms with Gasteiger partial charge in [0, 0.05) is 0 Å². The monoisotopic (exact) mass is 273 g/mol. The molecule has 0 spiro atoms. The molecule has 0 radical (unpaired) electrons. The molecule has 0 fully saturated rings. The number of rotatable bonds is 1. The molecule has 1 N–H and O–H groups in total. The molecule has 0 aromatic rings. The highest BCUT2D eigenvalue weighted by Gasteiger charge is 2.29. The third-order valence-electron chi connectivity index (χ3n) is 1.78. The zero-order valence-corrected chi connectivity index (χ0v) is 10.3. The van der Waals surface area contributed by atoms with E-state index in [1.807, 2.05) is 0 Å². The first-order valence-corrected chi connectivity index (χ1v) is 5.10. The van der Waals surface area contributed by atoms with Crippen LogP contribution in [-0.2, 0) is 9.53 Å². The molecule has 0 atom stereocenters. The average Bonchev–Trinajstić information content (AvgIpc) is 2.23. The Hall–Kier alpha value is -2.30. The number of amidine groups is 1. The normalized spacial score (nSPS) is 18.3. The molecule has 102 valence electrons. The maximum absolute atomic E-state index is 13.4. The van der Waals surface area contributed by atoms with Gasteiger partial charge in [-0.25, -0.2) is 4.79 Å². The minimum absolute atomic E-state index is 0.917. The highest BCUT2D eigenvalue weighted by molar-refractivity contribution is 5.95. The van der Waals surface area contributed by atoms with E-state index >= 15 is 0 Å². The number of esters is 1. The lowest BCUT2D eigenvalue weighted by Crippen LogP contribution is -2.27. The Labute approximate surface area is 107 Å². The number of nitrogens with zero attached hydrogens (tertiary/aromatic N) is 2. The van der Waals surface area contributed by atoms with Crippen LogP contribution in [0.1, 0.15) is 20.8 Å². The molecule has 0 saturated heterocycles. The van der Waals surface area contributed by atoms with Gasteiger partial charge >= 0.3 is 5.97 Å². The van der Waals surface area contributed by atoms with Gasteiger partial charge in [-0.1, -0.05) is 0 Å². The second-order valence-electron chi connectivity index (χ2n) is 4.49. The van der Waals surface area contributed by atoms with Gasteiger partial charge in [0.15, 0.2) is 5.57 Å². The topological polar surface area (TPSA) is 74.5 Å². The quantitative estimate of drug-likeness (QED) is 0.344. The molecular weight excluding hydrogens is 263 g/mol. The first kappa shape index (κ1) is 14.8. The second kappa shape index (κ2) is 5.14. The van der Waals surface area contributed by atoms with Gasteiger partial charge < -0.3 is 4.74 Å². The summed E-state index contributed by atoms with van der Waals surface area (Å²) in [6.45, 7) is 4.55. The molecular formula is C11H10F3N3O2. The Bertz CT molecular complexity index is 551. The summed E-state index contributed by atoms with van der Waals surface area (Å²) in [7, 11) is 0. The summed E-state index contributed by atoms with van der Waals surface area (Å²) in [6.07, 6.45) is -1.47. The number of nitrogens with one attached hydrogen (secondary N) is 1. The molecule has 0 aromatic heterocycles. The number of aliphatic imine (C=N–C) groups is 1. The fourth-order valence-electron chi connectivity index (χ4n) is 1.11. The van der Waals surface area contributed by atoms with Crippen LogP contribution in [0.4, 0.5) is 13.2 Å². The lowest BCUT2D eigenvalue weighted by Gasteiger charge is -2.19. The Kier molecular flexibility index (Phi) is 3.99. The van der Waals surface area contributed by atoms with Crippen molar-refractivity contribution in [3.05, 3.63) is 23.0 Å². The van der Waals surface area contributed by atoms with Gasteiger partial charge in [0.25, 0.3) is 6.09 Å². The fourth-order valence-corrected chi connectivity index (χ4v) is 1.11. The van der Waals surface area contributed by atoms with Crippen molar-refractivity contribution in [3.63, 3.8) is 0 Å². The van der Waals surface area contributed by atoms with Crippen molar-refractivity contribution in [2.75, 3.05) is 0 Å². The predicted octanol–water partition coefficient (Wildman–Crippen LogP) is 2.14. The summed E-state index contributed by atoms with van der Waals surface area (Å²) in [5.41, 5.74) is -2.90. The van der Waals surface area contributed by atoms with Crippen LogP contribution in [0.2, 0.25) is 0 Å². The van der Waals surface area contributed by atoms with Gasteiger partial charge in [0.2, 0.25) is 11.8 Å². The van der Waals surface area contributed by atoms with E-state index in [1.54, 1.807) is 0 Å². The molecule has 5 nitrogen and oxygen atoms in total. The zero-order valence-electron chi connectivity index (χ0n) is 10.3. The molecule has 0 aromatic carbocycles. The number of ether oxygens (including phenoxy) is 1. The van der Waals surface area contributed by atoms with Crippen LogP contribution in [-0.4, -0.2) is 17.7 Å². The maximum atomic E-state index is 13.4. The predicted molar refractivity (Wildman–Crippen MR) is 59.4 cm³/mol. The summed E-state index contributed by atoms with van der Waals surface area (Å²) in [4.78, 5) is 14.6. The van der Waals surface area contributed by atoms with Crippen LogP contribution < -0.4 is 5.32 Å². The Morgan fingerprint density at radius 3 is 2.42 bits per heavy atom. The van der Waals surface area contributed by atoms with Crippen molar-refractivity contribution in [1.82, 2.24) is 5.32 Å². The summed E-state index contributed by atoms with van der Waals surface area (Å²) >= 11 is 0. The van der Waals surface area contributed by atoms with Gasteiger partial charge in [0.05, 0.1) is 0 Å². The maximum Gasteiger partial charge on any atom is 0.351 e. The van der Waals surface area contributed by atoms with E-state index in [4.69, 9.17) is 10.00 Å². The molecule has 19 heavy (non-hydrogen) atoms. The van der Waals surface area contributed by atoms with Crippen molar-refractivity contribution < 1.29 is 22.7 Å². The van der Waals surface area contributed by atoms with E-state index < -0.39 is 40.7 Å². The van der Waals surface area contributed by atoms with Gasteiger partial charge in [-0.2, -0.15) is 23.4 Å². The number of hydrogen-bond acceptors (Lipinski definition) is 5. The van der Waals surface area contributed by atoms with Crippen molar-refractivity contribution >= 4 is 12.1 Å². The average molecular weight is 273 g/mol. The molecule has 0 bridgehead atoms. The van der Waals surface area contributed by atoms with Gasteiger partial charge in [-0.3, -0.25) is 5.32 Å². The van der Waals surface area contributed by atoms with Gasteiger partial charge in [-0.05, 0) is 20.8 Å². The molecule has 1 aliphatic heterocycles. The van der Waals surface area contributed by atoms with Crippen LogP contribution in [0.15, 0.2) is 28.0 Å². The number of hydrogen-bond donors (Lipinski definition) is 1. The fraction of sp³-hybridized carbons (Fsp3) is 0.364. The lowest BCUT2D eigenvalue weighted by atomic mass is 10.1. The Morgan fingerprint density at radius 2 is 1.95 bits per heavy atom. The van der Waals surface area contributed by atoms with Crippen LogP contribution >= 0.6 is 0 Å². The lowest BCUT2D eigenvalue weighted by molar-refractivity contribution is -0.149. The first-order chi connectivity index (χ1) is 8.65. The van der Waals surface area contributed by atoms with Crippen LogP contribution in [0.25, 0.3) is 0 Å². The largest absolute Gasteiger partial charge is 0.456 e. The van der Waals surface area contributed by atoms with Crippen LogP contribution in [0, 0.1) is 11.3 Å². The number of allylic oxidation sites excluding steroid dienone is 1. The van der Waals surface area contributed by atoms with Crippen molar-refractivity contribution in [1.29, 1.82) is 5.26 Å². The second-order valence-corrected chi connectivity index (χ2v) is 4.49. The van der Waals surface area contributed by atoms with E-state index in [2.05, 4.69) is 4.99 Å². The number of nitriles is 1. The number of halogens is 3. The molecule has 1 heterocycles. The van der Waals surface area contributed by atoms with Crippen molar-refractivity contribution in [2.45, 2.75) is 26.4 Å². The molecule has 0 unspecified atom stereocenters. The minimum atomic E-state index is -1.67. The third kappa shape index (κ3) is 3.58. The van der Waals surface area contributed by atoms with E-state index in [0.29, 0.717) is 0 Å². The van der Waals surface area contributed by atoms with Crippen molar-refractivity contribution in [3.8, 4) is 6.07 Å². The molecule has 0 saturated carbocycles. The summed E-state index contributed by atoms with van der Waals surface area (Å²) in [5, 5.41) is 10.2.